The number of nitrogens with one attached hydrogen (secondary N) is 1. The average Bonchev–Trinajstić information content (AvgIpc) is 3.22. The summed E-state index contributed by atoms with van der Waals surface area (Å²) >= 11 is 0. The van der Waals surface area contributed by atoms with Crippen LogP contribution in [0.5, 0.6) is 0 Å². The second-order valence-electron chi connectivity index (χ2n) is 6.85. The number of pyridine rings is 1. The molecule has 2 aromatic heterocycles. The monoisotopic (exact) mass is 383 g/mol. The molecule has 0 aromatic carbocycles. The molecule has 0 bridgehead atoms. The Labute approximate surface area is 154 Å². The van der Waals surface area contributed by atoms with Gasteiger partial charge in [-0.1, -0.05) is 11.2 Å². The highest BCUT2D eigenvalue weighted by Crippen LogP contribution is 2.47. The minimum absolute atomic E-state index is 0.0666. The van der Waals surface area contributed by atoms with Crippen molar-refractivity contribution in [1.82, 2.24) is 20.4 Å². The number of hydrogen-bond donors (Lipinski definition) is 1. The minimum Gasteiger partial charge on any atom is -0.355 e. The fourth-order valence-electron chi connectivity index (χ4n) is 3.11. The van der Waals surface area contributed by atoms with Crippen LogP contribution in [0.4, 0.5) is 19.0 Å². The van der Waals surface area contributed by atoms with Gasteiger partial charge in [0, 0.05) is 25.3 Å². The zero-order valence-corrected chi connectivity index (χ0v) is 15.0. The number of rotatable bonds is 5. The van der Waals surface area contributed by atoms with Gasteiger partial charge in [0.1, 0.15) is 5.82 Å². The van der Waals surface area contributed by atoms with Crippen LogP contribution >= 0.6 is 0 Å². The zero-order chi connectivity index (χ0) is 19.7. The van der Waals surface area contributed by atoms with Crippen molar-refractivity contribution < 1.29 is 22.5 Å². The Hall–Kier alpha value is -2.65. The first-order valence-corrected chi connectivity index (χ1v) is 8.56. The highest BCUT2D eigenvalue weighted by Gasteiger charge is 2.63. The van der Waals surface area contributed by atoms with Crippen molar-refractivity contribution in [3.8, 4) is 0 Å². The highest BCUT2D eigenvalue weighted by molar-refractivity contribution is 5.77. The minimum atomic E-state index is -4.58. The molecule has 3 rings (SSSR count). The molecule has 10 heteroatoms. The fraction of sp³-hybridized carbons (Fsp3) is 0.529. The third-order valence-corrected chi connectivity index (χ3v) is 4.43. The molecule has 1 atom stereocenters. The summed E-state index contributed by atoms with van der Waals surface area (Å²) in [7, 11) is 0. The molecule has 1 N–H and O–H groups in total. The molecule has 3 heterocycles. The molecule has 1 amide bonds. The lowest BCUT2D eigenvalue weighted by Gasteiger charge is -2.28. The molecule has 0 radical (unpaired) electrons. The third-order valence-electron chi connectivity index (χ3n) is 4.43. The van der Waals surface area contributed by atoms with Crippen LogP contribution in [-0.2, 0) is 16.6 Å². The number of alkyl halides is 3. The van der Waals surface area contributed by atoms with Crippen molar-refractivity contribution in [3.05, 3.63) is 36.1 Å². The molecule has 27 heavy (non-hydrogen) atoms. The zero-order valence-electron chi connectivity index (χ0n) is 15.0. The van der Waals surface area contributed by atoms with E-state index in [2.05, 4.69) is 20.4 Å². The van der Waals surface area contributed by atoms with Gasteiger partial charge >= 0.3 is 6.18 Å². The molecule has 0 spiro atoms. The molecule has 146 valence electrons. The number of amides is 1. The maximum Gasteiger partial charge on any atom is 0.405 e. The van der Waals surface area contributed by atoms with Crippen LogP contribution in [0.15, 0.2) is 28.9 Å². The van der Waals surface area contributed by atoms with Gasteiger partial charge in [-0.3, -0.25) is 4.79 Å². The number of aromatic nitrogens is 3. The van der Waals surface area contributed by atoms with Crippen molar-refractivity contribution in [3.63, 3.8) is 0 Å². The summed E-state index contributed by atoms with van der Waals surface area (Å²) in [5, 5.41) is 6.22. The van der Waals surface area contributed by atoms with Crippen molar-refractivity contribution in [2.75, 3.05) is 18.0 Å². The number of nitrogens with zero attached hydrogens (tertiary/aromatic N) is 4. The molecule has 0 saturated carbocycles. The maximum atomic E-state index is 14.0. The summed E-state index contributed by atoms with van der Waals surface area (Å²) in [6, 6.07) is 4.98. The maximum absolute atomic E-state index is 14.0. The van der Waals surface area contributed by atoms with Gasteiger partial charge in [0.2, 0.25) is 11.8 Å². The predicted molar refractivity (Wildman–Crippen MR) is 90.1 cm³/mol. The Kier molecular flexibility index (Phi) is 5.07. The third kappa shape index (κ3) is 3.88. The van der Waals surface area contributed by atoms with Crippen LogP contribution < -0.4 is 10.2 Å². The van der Waals surface area contributed by atoms with Gasteiger partial charge in [-0.05, 0) is 32.4 Å². The summed E-state index contributed by atoms with van der Waals surface area (Å²) in [4.78, 5) is 21.4. The molecule has 0 aliphatic carbocycles. The van der Waals surface area contributed by atoms with E-state index >= 15 is 0 Å². The molecule has 1 unspecified atom stereocenters. The van der Waals surface area contributed by atoms with Crippen molar-refractivity contribution >= 4 is 11.7 Å². The van der Waals surface area contributed by atoms with Gasteiger partial charge < -0.3 is 14.7 Å². The van der Waals surface area contributed by atoms with E-state index in [1.165, 1.54) is 6.20 Å². The summed E-state index contributed by atoms with van der Waals surface area (Å²) in [6.07, 6.45) is -3.52. The van der Waals surface area contributed by atoms with Crippen LogP contribution in [0.2, 0.25) is 0 Å². The molecule has 7 nitrogen and oxygen atoms in total. The van der Waals surface area contributed by atoms with E-state index in [9.17, 15) is 18.0 Å². The van der Waals surface area contributed by atoms with Crippen molar-refractivity contribution in [2.45, 2.75) is 44.3 Å². The normalized spacial score (nSPS) is 20.3. The summed E-state index contributed by atoms with van der Waals surface area (Å²) in [6.45, 7) is 3.35. The first kappa shape index (κ1) is 19.1. The molecule has 1 fully saturated rings. The average molecular weight is 383 g/mol. The molecule has 1 aliphatic heterocycles. The van der Waals surface area contributed by atoms with E-state index in [1.807, 2.05) is 0 Å². The fourth-order valence-corrected chi connectivity index (χ4v) is 3.11. The summed E-state index contributed by atoms with van der Waals surface area (Å²) < 4.78 is 46.9. The molecule has 1 aliphatic rings. The standard InChI is InChI=1S/C17H20F3N5O2/c1-11(2)22-14(26)9-12-23-15(27-24-12)16(17(18,19)20)6-8-25(10-16)13-5-3-4-7-21-13/h3-5,7,11H,6,8-10H2,1-2H3,(H,22,26). The highest BCUT2D eigenvalue weighted by atomic mass is 19.4. The number of halogens is 3. The number of carbonyl (C=O) groups excluding carboxylic acids is 1. The van der Waals surface area contributed by atoms with Crippen molar-refractivity contribution in [1.29, 1.82) is 0 Å². The Morgan fingerprint density at radius 2 is 2.19 bits per heavy atom. The van der Waals surface area contributed by atoms with Crippen LogP contribution in [-0.4, -0.2) is 46.3 Å². The van der Waals surface area contributed by atoms with Crippen LogP contribution in [0.1, 0.15) is 32.0 Å². The second-order valence-corrected chi connectivity index (χ2v) is 6.85. The van der Waals surface area contributed by atoms with E-state index in [-0.39, 0.29) is 43.7 Å². The number of hydrogen-bond acceptors (Lipinski definition) is 6. The lowest BCUT2D eigenvalue weighted by molar-refractivity contribution is -0.191. The largest absolute Gasteiger partial charge is 0.405 e. The van der Waals surface area contributed by atoms with Gasteiger partial charge in [0.05, 0.1) is 6.42 Å². The lowest BCUT2D eigenvalue weighted by atomic mass is 9.86. The SMILES string of the molecule is CC(C)NC(=O)Cc1noc(C2(C(F)(F)F)CCN(c3ccccn3)C2)n1. The van der Waals surface area contributed by atoms with Gasteiger partial charge in [0.15, 0.2) is 11.2 Å². The van der Waals surface area contributed by atoms with Crippen LogP contribution in [0.3, 0.4) is 0 Å². The molecular formula is C17H20F3N5O2. The Balaban J connectivity index is 1.84. The van der Waals surface area contributed by atoms with Gasteiger partial charge in [-0.15, -0.1) is 0 Å². The molecule has 2 aromatic rings. The smallest absolute Gasteiger partial charge is 0.355 e. The number of anilines is 1. The molecule has 1 saturated heterocycles. The number of carbonyl (C=O) groups is 1. The van der Waals surface area contributed by atoms with E-state index in [4.69, 9.17) is 4.52 Å². The van der Waals surface area contributed by atoms with E-state index in [0.717, 1.165) is 0 Å². The van der Waals surface area contributed by atoms with Gasteiger partial charge in [0.25, 0.3) is 0 Å². The Morgan fingerprint density at radius 1 is 1.41 bits per heavy atom. The van der Waals surface area contributed by atoms with Crippen LogP contribution in [0, 0.1) is 0 Å². The van der Waals surface area contributed by atoms with E-state index in [0.29, 0.717) is 5.82 Å². The first-order valence-electron chi connectivity index (χ1n) is 8.56. The van der Waals surface area contributed by atoms with E-state index in [1.54, 1.807) is 36.9 Å². The van der Waals surface area contributed by atoms with Gasteiger partial charge in [-0.25, -0.2) is 4.98 Å². The van der Waals surface area contributed by atoms with Crippen LogP contribution in [0.25, 0.3) is 0 Å². The first-order chi connectivity index (χ1) is 12.7. The lowest BCUT2D eigenvalue weighted by Crippen LogP contribution is -2.45. The summed E-state index contributed by atoms with van der Waals surface area (Å²) in [5.41, 5.74) is -2.29. The Bertz CT molecular complexity index is 793. The predicted octanol–water partition coefficient (Wildman–Crippen LogP) is 2.24. The topological polar surface area (TPSA) is 84.2 Å². The van der Waals surface area contributed by atoms with Gasteiger partial charge in [-0.2, -0.15) is 18.2 Å². The Morgan fingerprint density at radius 3 is 2.81 bits per heavy atom. The van der Waals surface area contributed by atoms with Crippen molar-refractivity contribution in [2.24, 2.45) is 0 Å². The quantitative estimate of drug-likeness (QED) is 0.853. The van der Waals surface area contributed by atoms with E-state index < -0.39 is 17.5 Å². The molecular weight excluding hydrogens is 363 g/mol. The second kappa shape index (κ2) is 7.16. The summed E-state index contributed by atoms with van der Waals surface area (Å²) in [5.74, 6) is -0.497.